The van der Waals surface area contributed by atoms with Gasteiger partial charge in [0.2, 0.25) is 0 Å². The summed E-state index contributed by atoms with van der Waals surface area (Å²) in [5.41, 5.74) is 2.57. The molecule has 5 nitrogen and oxygen atoms in total. The fourth-order valence-electron chi connectivity index (χ4n) is 2.05. The third-order valence-electron chi connectivity index (χ3n) is 2.82. The Hall–Kier alpha value is -1.36. The summed E-state index contributed by atoms with van der Waals surface area (Å²) in [6.45, 7) is 5.17. The molecule has 1 aliphatic rings. The van der Waals surface area contributed by atoms with Crippen molar-refractivity contribution >= 4 is 11.6 Å². The molecule has 0 amide bonds. The van der Waals surface area contributed by atoms with E-state index in [1.54, 1.807) is 0 Å². The first kappa shape index (κ1) is 10.2. The molecule has 1 aliphatic heterocycles. The van der Waals surface area contributed by atoms with E-state index in [1.165, 1.54) is 12.8 Å². The molecule has 1 atom stereocenters. The Morgan fingerprint density at radius 1 is 1.53 bits per heavy atom. The summed E-state index contributed by atoms with van der Waals surface area (Å²) in [6.07, 6.45) is 2.46. The van der Waals surface area contributed by atoms with Crippen molar-refractivity contribution in [2.75, 3.05) is 16.9 Å². The number of nitrogens with one attached hydrogen (secondary N) is 1. The van der Waals surface area contributed by atoms with Crippen LogP contribution in [0.25, 0.3) is 0 Å². The Kier molecular flexibility index (Phi) is 2.73. The van der Waals surface area contributed by atoms with Crippen LogP contribution in [0.4, 0.5) is 11.6 Å². The highest BCUT2D eigenvalue weighted by atomic mass is 15.3. The summed E-state index contributed by atoms with van der Waals surface area (Å²) in [6, 6.07) is 2.46. The quantitative estimate of drug-likeness (QED) is 0.560. The molecule has 0 aromatic carbocycles. The topological polar surface area (TPSA) is 67.1 Å². The van der Waals surface area contributed by atoms with Gasteiger partial charge in [0.25, 0.3) is 0 Å². The maximum absolute atomic E-state index is 5.36. The van der Waals surface area contributed by atoms with E-state index < -0.39 is 0 Å². The third kappa shape index (κ3) is 2.02. The second-order valence-corrected chi connectivity index (χ2v) is 3.99. The molecule has 5 heteroatoms. The van der Waals surface area contributed by atoms with Gasteiger partial charge in [-0.1, -0.05) is 0 Å². The van der Waals surface area contributed by atoms with Crippen LogP contribution < -0.4 is 16.2 Å². The molecule has 1 fully saturated rings. The molecule has 1 saturated heterocycles. The van der Waals surface area contributed by atoms with Gasteiger partial charge >= 0.3 is 0 Å². The molecule has 2 heterocycles. The number of aryl methyl sites for hydroxylation is 1. The Balaban J connectivity index is 2.30. The predicted octanol–water partition coefficient (Wildman–Crippen LogP) is 1.06. The monoisotopic (exact) mass is 207 g/mol. The average Bonchev–Trinajstić information content (AvgIpc) is 2.63. The lowest BCUT2D eigenvalue weighted by atomic mass is 10.2. The lowest BCUT2D eigenvalue weighted by Crippen LogP contribution is -2.27. The first-order valence-corrected chi connectivity index (χ1v) is 5.29. The van der Waals surface area contributed by atoms with Crippen molar-refractivity contribution in [2.24, 2.45) is 5.84 Å². The molecular weight excluding hydrogens is 190 g/mol. The zero-order valence-corrected chi connectivity index (χ0v) is 9.20. The summed E-state index contributed by atoms with van der Waals surface area (Å²) in [5.74, 6) is 7.76. The number of hydrazine groups is 1. The molecule has 1 unspecified atom stereocenters. The van der Waals surface area contributed by atoms with Crippen molar-refractivity contribution in [3.63, 3.8) is 0 Å². The first-order chi connectivity index (χ1) is 7.20. The van der Waals surface area contributed by atoms with Crippen LogP contribution in [-0.4, -0.2) is 22.6 Å². The van der Waals surface area contributed by atoms with E-state index in [4.69, 9.17) is 5.84 Å². The molecule has 0 spiro atoms. The molecule has 0 radical (unpaired) electrons. The number of nitrogens with zero attached hydrogens (tertiary/aromatic N) is 3. The Morgan fingerprint density at radius 3 is 2.93 bits per heavy atom. The Labute approximate surface area is 89.7 Å². The standard InChI is InChI=1S/C10H17N5/c1-7-4-3-5-15(7)10-6-9(14-11)12-8(2)13-10/h6-7H,3-5,11H2,1-2H3,(H,12,13,14). The van der Waals surface area contributed by atoms with Crippen LogP contribution in [0.5, 0.6) is 0 Å². The van der Waals surface area contributed by atoms with Crippen molar-refractivity contribution in [2.45, 2.75) is 32.7 Å². The van der Waals surface area contributed by atoms with Crippen LogP contribution in [0.3, 0.4) is 0 Å². The molecule has 1 aromatic heterocycles. The highest BCUT2D eigenvalue weighted by Gasteiger charge is 2.22. The zero-order chi connectivity index (χ0) is 10.8. The number of nitrogen functional groups attached to an aromatic ring is 1. The Bertz CT molecular complexity index is 352. The molecule has 0 saturated carbocycles. The molecule has 1 aromatic rings. The van der Waals surface area contributed by atoms with Crippen molar-refractivity contribution in [3.05, 3.63) is 11.9 Å². The highest BCUT2D eigenvalue weighted by molar-refractivity contribution is 5.50. The highest BCUT2D eigenvalue weighted by Crippen LogP contribution is 2.24. The molecule has 82 valence electrons. The summed E-state index contributed by atoms with van der Waals surface area (Å²) in [4.78, 5) is 10.9. The van der Waals surface area contributed by atoms with Crippen molar-refractivity contribution in [1.29, 1.82) is 0 Å². The fraction of sp³-hybridized carbons (Fsp3) is 0.600. The largest absolute Gasteiger partial charge is 0.354 e. The van der Waals surface area contributed by atoms with E-state index in [1.807, 2.05) is 13.0 Å². The van der Waals surface area contributed by atoms with E-state index in [-0.39, 0.29) is 0 Å². The number of rotatable bonds is 2. The Morgan fingerprint density at radius 2 is 2.33 bits per heavy atom. The van der Waals surface area contributed by atoms with E-state index >= 15 is 0 Å². The van der Waals surface area contributed by atoms with E-state index in [9.17, 15) is 0 Å². The van der Waals surface area contributed by atoms with Crippen LogP contribution in [-0.2, 0) is 0 Å². The number of hydrogen-bond acceptors (Lipinski definition) is 5. The summed E-state index contributed by atoms with van der Waals surface area (Å²) >= 11 is 0. The number of nitrogens with two attached hydrogens (primary N) is 1. The average molecular weight is 207 g/mol. The maximum Gasteiger partial charge on any atom is 0.145 e. The van der Waals surface area contributed by atoms with Gasteiger partial charge in [-0.25, -0.2) is 15.8 Å². The minimum Gasteiger partial charge on any atom is -0.354 e. The third-order valence-corrected chi connectivity index (χ3v) is 2.82. The molecule has 15 heavy (non-hydrogen) atoms. The first-order valence-electron chi connectivity index (χ1n) is 5.29. The molecule has 0 bridgehead atoms. The van der Waals surface area contributed by atoms with E-state index in [2.05, 4.69) is 27.2 Å². The summed E-state index contributed by atoms with van der Waals surface area (Å²) in [5, 5.41) is 0. The zero-order valence-electron chi connectivity index (χ0n) is 9.20. The van der Waals surface area contributed by atoms with Crippen molar-refractivity contribution in [1.82, 2.24) is 9.97 Å². The smallest absolute Gasteiger partial charge is 0.145 e. The molecular formula is C10H17N5. The van der Waals surface area contributed by atoms with Gasteiger partial charge in [-0.15, -0.1) is 0 Å². The van der Waals surface area contributed by atoms with Crippen molar-refractivity contribution in [3.8, 4) is 0 Å². The summed E-state index contributed by atoms with van der Waals surface area (Å²) < 4.78 is 0. The predicted molar refractivity (Wildman–Crippen MR) is 60.6 cm³/mol. The van der Waals surface area contributed by atoms with Gasteiger partial charge in [-0.05, 0) is 26.7 Å². The van der Waals surface area contributed by atoms with Gasteiger partial charge in [0.05, 0.1) is 0 Å². The molecule has 3 N–H and O–H groups in total. The van der Waals surface area contributed by atoms with Gasteiger partial charge < -0.3 is 10.3 Å². The normalized spacial score (nSPS) is 20.7. The minimum absolute atomic E-state index is 0.560. The molecule has 0 aliphatic carbocycles. The van der Waals surface area contributed by atoms with Gasteiger partial charge in [-0.3, -0.25) is 0 Å². The van der Waals surface area contributed by atoms with Crippen LogP contribution in [0.1, 0.15) is 25.6 Å². The van der Waals surface area contributed by atoms with E-state index in [0.29, 0.717) is 11.9 Å². The van der Waals surface area contributed by atoms with Gasteiger partial charge in [-0.2, -0.15) is 0 Å². The SMILES string of the molecule is Cc1nc(NN)cc(N2CCCC2C)n1. The number of aromatic nitrogens is 2. The van der Waals surface area contributed by atoms with Crippen LogP contribution in [0, 0.1) is 6.92 Å². The second kappa shape index (κ2) is 4.02. The maximum atomic E-state index is 5.36. The van der Waals surface area contributed by atoms with Gasteiger partial charge in [0.15, 0.2) is 0 Å². The second-order valence-electron chi connectivity index (χ2n) is 3.99. The van der Waals surface area contributed by atoms with Crippen molar-refractivity contribution < 1.29 is 0 Å². The fourth-order valence-corrected chi connectivity index (χ4v) is 2.05. The lowest BCUT2D eigenvalue weighted by Gasteiger charge is -2.23. The van der Waals surface area contributed by atoms with Crippen LogP contribution in [0.2, 0.25) is 0 Å². The number of hydrogen-bond donors (Lipinski definition) is 2. The van der Waals surface area contributed by atoms with Gasteiger partial charge in [0, 0.05) is 18.7 Å². The molecule has 2 rings (SSSR count). The summed E-state index contributed by atoms with van der Waals surface area (Å²) in [7, 11) is 0. The number of anilines is 2. The van der Waals surface area contributed by atoms with Crippen LogP contribution >= 0.6 is 0 Å². The minimum atomic E-state index is 0.560. The lowest BCUT2D eigenvalue weighted by molar-refractivity contribution is 0.724. The van der Waals surface area contributed by atoms with E-state index in [0.717, 1.165) is 18.2 Å². The van der Waals surface area contributed by atoms with Crippen LogP contribution in [0.15, 0.2) is 6.07 Å². The van der Waals surface area contributed by atoms with Gasteiger partial charge in [0.1, 0.15) is 17.5 Å².